The number of hydrogen-bond donors (Lipinski definition) is 1. The van der Waals surface area contributed by atoms with E-state index in [4.69, 9.17) is 0 Å². The summed E-state index contributed by atoms with van der Waals surface area (Å²) in [6, 6.07) is 14.8. The fourth-order valence-electron chi connectivity index (χ4n) is 2.76. The summed E-state index contributed by atoms with van der Waals surface area (Å²) in [6.45, 7) is 3.19. The van der Waals surface area contributed by atoms with Crippen molar-refractivity contribution in [2.24, 2.45) is 0 Å². The first-order valence-electron chi connectivity index (χ1n) is 7.53. The second-order valence-electron chi connectivity index (χ2n) is 6.27. The van der Waals surface area contributed by atoms with E-state index in [9.17, 15) is 0 Å². The van der Waals surface area contributed by atoms with Gasteiger partial charge in [-0.25, -0.2) is 0 Å². The Balaban J connectivity index is 1.87. The standard InChI is InChI=1S/C18H24N2/c1-13-4-5-15-11-16(7-6-14(15)10-13)18(20(2)3)12-19-17-8-9-17/h4-7,10-11,17-19H,8-9,12H2,1-3H3. The van der Waals surface area contributed by atoms with Gasteiger partial charge < -0.3 is 10.2 Å². The third-order valence-electron chi connectivity index (χ3n) is 4.21. The molecule has 1 atom stereocenters. The first-order valence-corrected chi connectivity index (χ1v) is 7.53. The Morgan fingerprint density at radius 1 is 1.10 bits per heavy atom. The molecule has 2 aromatic carbocycles. The molecule has 1 saturated carbocycles. The van der Waals surface area contributed by atoms with Crippen molar-refractivity contribution in [1.82, 2.24) is 10.2 Å². The third-order valence-corrected chi connectivity index (χ3v) is 4.21. The molecule has 1 unspecified atom stereocenters. The molecular weight excluding hydrogens is 244 g/mol. The topological polar surface area (TPSA) is 15.3 Å². The zero-order valence-corrected chi connectivity index (χ0v) is 12.7. The van der Waals surface area contributed by atoms with Gasteiger partial charge in [0.15, 0.2) is 0 Å². The van der Waals surface area contributed by atoms with Crippen molar-refractivity contribution in [2.75, 3.05) is 20.6 Å². The van der Waals surface area contributed by atoms with Crippen LogP contribution in [-0.2, 0) is 0 Å². The Bertz CT molecular complexity index is 599. The summed E-state index contributed by atoms with van der Waals surface area (Å²) in [4.78, 5) is 2.31. The zero-order chi connectivity index (χ0) is 14.1. The van der Waals surface area contributed by atoms with Crippen molar-refractivity contribution >= 4 is 10.8 Å². The summed E-state index contributed by atoms with van der Waals surface area (Å²) < 4.78 is 0. The van der Waals surface area contributed by atoms with Gasteiger partial charge in [-0.15, -0.1) is 0 Å². The first-order chi connectivity index (χ1) is 9.63. The van der Waals surface area contributed by atoms with Gasteiger partial charge in [0.1, 0.15) is 0 Å². The van der Waals surface area contributed by atoms with E-state index in [1.807, 2.05) is 0 Å². The number of nitrogens with one attached hydrogen (secondary N) is 1. The van der Waals surface area contributed by atoms with Gasteiger partial charge in [-0.1, -0.05) is 35.9 Å². The number of likely N-dealkylation sites (N-methyl/N-ethyl adjacent to an activating group) is 1. The van der Waals surface area contributed by atoms with Gasteiger partial charge in [0.2, 0.25) is 0 Å². The summed E-state index contributed by atoms with van der Waals surface area (Å²) in [5.41, 5.74) is 2.73. The van der Waals surface area contributed by atoms with Crippen LogP contribution in [0.25, 0.3) is 10.8 Å². The number of aryl methyl sites for hydroxylation is 1. The maximum absolute atomic E-state index is 3.65. The van der Waals surface area contributed by atoms with Gasteiger partial charge in [-0.2, -0.15) is 0 Å². The van der Waals surface area contributed by atoms with Crippen LogP contribution >= 0.6 is 0 Å². The Hall–Kier alpha value is -1.38. The monoisotopic (exact) mass is 268 g/mol. The molecular formula is C18H24N2. The SMILES string of the molecule is Cc1ccc2cc(C(CNC3CC3)N(C)C)ccc2c1. The summed E-state index contributed by atoms with van der Waals surface area (Å²) >= 11 is 0. The molecule has 0 saturated heterocycles. The van der Waals surface area contributed by atoms with Gasteiger partial charge >= 0.3 is 0 Å². The Morgan fingerprint density at radius 3 is 2.50 bits per heavy atom. The van der Waals surface area contributed by atoms with Crippen LogP contribution in [0.2, 0.25) is 0 Å². The van der Waals surface area contributed by atoms with Gasteiger partial charge in [0, 0.05) is 18.6 Å². The van der Waals surface area contributed by atoms with Gasteiger partial charge in [0.05, 0.1) is 0 Å². The number of fused-ring (bicyclic) bond motifs is 1. The lowest BCUT2D eigenvalue weighted by Crippen LogP contribution is -2.32. The van der Waals surface area contributed by atoms with Crippen molar-refractivity contribution < 1.29 is 0 Å². The molecule has 0 aliphatic heterocycles. The summed E-state index contributed by atoms with van der Waals surface area (Å²) in [5.74, 6) is 0. The lowest BCUT2D eigenvalue weighted by Gasteiger charge is -2.25. The molecule has 1 fully saturated rings. The number of nitrogens with zero attached hydrogens (tertiary/aromatic N) is 1. The molecule has 0 radical (unpaired) electrons. The van der Waals surface area contributed by atoms with Crippen LogP contribution < -0.4 is 5.32 Å². The van der Waals surface area contributed by atoms with Crippen LogP contribution in [0.5, 0.6) is 0 Å². The molecule has 2 heteroatoms. The molecule has 2 nitrogen and oxygen atoms in total. The number of rotatable bonds is 5. The second-order valence-corrected chi connectivity index (χ2v) is 6.27. The molecule has 0 heterocycles. The summed E-state index contributed by atoms with van der Waals surface area (Å²) in [6.07, 6.45) is 2.69. The molecule has 1 aliphatic rings. The maximum Gasteiger partial charge on any atom is 0.0467 e. The van der Waals surface area contributed by atoms with E-state index in [0.717, 1.165) is 12.6 Å². The lowest BCUT2D eigenvalue weighted by atomic mass is 10.00. The third kappa shape index (κ3) is 3.02. The van der Waals surface area contributed by atoms with Crippen LogP contribution in [0.4, 0.5) is 0 Å². The molecule has 0 bridgehead atoms. The van der Waals surface area contributed by atoms with Crippen LogP contribution in [0.15, 0.2) is 36.4 Å². The summed E-state index contributed by atoms with van der Waals surface area (Å²) in [5, 5.41) is 6.33. The molecule has 1 N–H and O–H groups in total. The van der Waals surface area contributed by atoms with E-state index in [0.29, 0.717) is 6.04 Å². The molecule has 0 spiro atoms. The van der Waals surface area contributed by atoms with Crippen molar-refractivity contribution in [3.63, 3.8) is 0 Å². The highest BCUT2D eigenvalue weighted by Crippen LogP contribution is 2.25. The molecule has 0 amide bonds. The van der Waals surface area contributed by atoms with Crippen molar-refractivity contribution in [3.8, 4) is 0 Å². The van der Waals surface area contributed by atoms with Gasteiger partial charge in [-0.3, -0.25) is 0 Å². The minimum Gasteiger partial charge on any atom is -0.312 e. The molecule has 2 aromatic rings. The highest BCUT2D eigenvalue weighted by Gasteiger charge is 2.23. The van der Waals surface area contributed by atoms with Crippen molar-refractivity contribution in [3.05, 3.63) is 47.5 Å². The average Bonchev–Trinajstić information content (AvgIpc) is 3.23. The van der Waals surface area contributed by atoms with Crippen LogP contribution in [0, 0.1) is 6.92 Å². The fourth-order valence-corrected chi connectivity index (χ4v) is 2.76. The quantitative estimate of drug-likeness (QED) is 0.893. The van der Waals surface area contributed by atoms with Crippen LogP contribution in [0.1, 0.15) is 30.0 Å². The van der Waals surface area contributed by atoms with E-state index in [-0.39, 0.29) is 0 Å². The van der Waals surface area contributed by atoms with Gasteiger partial charge in [0.25, 0.3) is 0 Å². The normalized spacial score (nSPS) is 16.8. The van der Waals surface area contributed by atoms with Crippen LogP contribution in [0.3, 0.4) is 0 Å². The molecule has 3 rings (SSSR count). The second kappa shape index (κ2) is 5.55. The highest BCUT2D eigenvalue weighted by molar-refractivity contribution is 5.83. The van der Waals surface area contributed by atoms with E-state index < -0.39 is 0 Å². The molecule has 106 valence electrons. The van der Waals surface area contributed by atoms with Crippen LogP contribution in [-0.4, -0.2) is 31.6 Å². The van der Waals surface area contributed by atoms with Crippen molar-refractivity contribution in [2.45, 2.75) is 31.8 Å². The number of hydrogen-bond acceptors (Lipinski definition) is 2. The predicted octanol–water partition coefficient (Wildman–Crippen LogP) is 3.50. The Morgan fingerprint density at radius 2 is 1.80 bits per heavy atom. The van der Waals surface area contributed by atoms with E-state index in [1.54, 1.807) is 0 Å². The van der Waals surface area contributed by atoms with E-state index in [1.165, 1.54) is 34.7 Å². The zero-order valence-electron chi connectivity index (χ0n) is 12.7. The van der Waals surface area contributed by atoms with Gasteiger partial charge in [-0.05, 0) is 56.3 Å². The lowest BCUT2D eigenvalue weighted by molar-refractivity contribution is 0.288. The Kier molecular flexibility index (Phi) is 3.77. The minimum absolute atomic E-state index is 0.446. The minimum atomic E-state index is 0.446. The Labute approximate surface area is 121 Å². The molecule has 1 aliphatic carbocycles. The average molecular weight is 268 g/mol. The molecule has 0 aromatic heterocycles. The maximum atomic E-state index is 3.65. The summed E-state index contributed by atoms with van der Waals surface area (Å²) in [7, 11) is 4.33. The highest BCUT2D eigenvalue weighted by atomic mass is 15.1. The predicted molar refractivity (Wildman–Crippen MR) is 86.1 cm³/mol. The fraction of sp³-hybridized carbons (Fsp3) is 0.444. The molecule has 20 heavy (non-hydrogen) atoms. The first kappa shape index (κ1) is 13.6. The smallest absolute Gasteiger partial charge is 0.0467 e. The van der Waals surface area contributed by atoms with Crippen molar-refractivity contribution in [1.29, 1.82) is 0 Å². The van der Waals surface area contributed by atoms with E-state index >= 15 is 0 Å². The van der Waals surface area contributed by atoms with E-state index in [2.05, 4.69) is 67.6 Å². The number of benzene rings is 2. The largest absolute Gasteiger partial charge is 0.312 e.